The third-order valence-corrected chi connectivity index (χ3v) is 3.96. The van der Waals surface area contributed by atoms with Gasteiger partial charge in [0, 0.05) is 11.8 Å². The molecule has 1 unspecified atom stereocenters. The summed E-state index contributed by atoms with van der Waals surface area (Å²) in [5.41, 5.74) is 1.79. The van der Waals surface area contributed by atoms with E-state index in [1.807, 2.05) is 25.1 Å². The largest absolute Gasteiger partial charge is 0.490 e. The number of amides is 1. The maximum absolute atomic E-state index is 12.5. The first-order chi connectivity index (χ1) is 12.3. The zero-order valence-corrected chi connectivity index (χ0v) is 13.7. The Hall–Kier alpha value is -3.16. The summed E-state index contributed by atoms with van der Waals surface area (Å²) in [7, 11) is 0. The van der Waals surface area contributed by atoms with Crippen LogP contribution < -0.4 is 14.8 Å². The molecule has 0 saturated heterocycles. The summed E-state index contributed by atoms with van der Waals surface area (Å²) in [6, 6.07) is 5.47. The topological polar surface area (TPSA) is 90.6 Å². The molecule has 0 fully saturated rings. The Morgan fingerprint density at radius 3 is 3.28 bits per heavy atom. The van der Waals surface area contributed by atoms with Gasteiger partial charge in [-0.25, -0.2) is 4.98 Å². The van der Waals surface area contributed by atoms with Gasteiger partial charge in [-0.1, -0.05) is 19.1 Å². The summed E-state index contributed by atoms with van der Waals surface area (Å²) < 4.78 is 13.1. The molecule has 1 aliphatic heterocycles. The van der Waals surface area contributed by atoms with Crippen molar-refractivity contribution < 1.29 is 14.3 Å². The Bertz CT molecular complexity index is 924. The van der Waals surface area contributed by atoms with Gasteiger partial charge in [0.1, 0.15) is 18.6 Å². The molecular weight excluding hydrogens is 322 g/mol. The molecule has 1 amide bonds. The van der Waals surface area contributed by atoms with Gasteiger partial charge in [-0.3, -0.25) is 9.20 Å². The van der Waals surface area contributed by atoms with E-state index in [0.29, 0.717) is 36.1 Å². The fourth-order valence-corrected chi connectivity index (χ4v) is 2.75. The first-order valence-electron chi connectivity index (χ1n) is 8.11. The third kappa shape index (κ3) is 2.86. The minimum atomic E-state index is -0.281. The summed E-state index contributed by atoms with van der Waals surface area (Å²) in [6.45, 7) is 3.04. The molecule has 0 bridgehead atoms. The van der Waals surface area contributed by atoms with Crippen molar-refractivity contribution in [3.05, 3.63) is 48.2 Å². The molecule has 8 heteroatoms. The molecule has 8 nitrogen and oxygen atoms in total. The lowest BCUT2D eigenvalue weighted by molar-refractivity contribution is 0.0924. The second-order valence-electron chi connectivity index (χ2n) is 5.73. The van der Waals surface area contributed by atoms with E-state index in [0.717, 1.165) is 12.0 Å². The molecule has 1 aromatic carbocycles. The summed E-state index contributed by atoms with van der Waals surface area (Å²) >= 11 is 0. The van der Waals surface area contributed by atoms with Gasteiger partial charge in [-0.2, -0.15) is 0 Å². The normalized spacial score (nSPS) is 15.6. The van der Waals surface area contributed by atoms with Crippen molar-refractivity contribution in [2.45, 2.75) is 19.4 Å². The van der Waals surface area contributed by atoms with Crippen LogP contribution in [0, 0.1) is 0 Å². The van der Waals surface area contributed by atoms with Gasteiger partial charge in [-0.05, 0) is 12.5 Å². The summed E-state index contributed by atoms with van der Waals surface area (Å²) in [5, 5.41) is 10.6. The van der Waals surface area contributed by atoms with Gasteiger partial charge in [0.15, 0.2) is 17.1 Å². The standard InChI is InChI=1S/C17H17N5O3/c1-2-6-24-14-5-3-4-11-13(9-25-16(11)14)20-17(23)12-8-22-10-19-21-15(22)7-18-12/h3-5,7-8,10,13H,2,6,9H2,1H3,(H,20,23). The number of nitrogens with one attached hydrogen (secondary N) is 1. The summed E-state index contributed by atoms with van der Waals surface area (Å²) in [4.78, 5) is 16.7. The fraction of sp³-hybridized carbons (Fsp3) is 0.294. The van der Waals surface area contributed by atoms with E-state index in [1.54, 1.807) is 10.6 Å². The van der Waals surface area contributed by atoms with Crippen LogP contribution in [0.5, 0.6) is 11.5 Å². The van der Waals surface area contributed by atoms with Crippen LogP contribution in [0.4, 0.5) is 0 Å². The van der Waals surface area contributed by atoms with Crippen LogP contribution in [0.25, 0.3) is 5.65 Å². The number of rotatable bonds is 5. The highest BCUT2D eigenvalue weighted by Gasteiger charge is 2.29. The number of carbonyl (C=O) groups excluding carboxylic acids is 1. The molecule has 0 saturated carbocycles. The average molecular weight is 339 g/mol. The second-order valence-corrected chi connectivity index (χ2v) is 5.73. The minimum absolute atomic E-state index is 0.244. The van der Waals surface area contributed by atoms with Crippen LogP contribution >= 0.6 is 0 Å². The van der Waals surface area contributed by atoms with Crippen molar-refractivity contribution in [2.75, 3.05) is 13.2 Å². The first kappa shape index (κ1) is 15.4. The number of para-hydroxylation sites is 1. The van der Waals surface area contributed by atoms with E-state index in [9.17, 15) is 4.79 Å². The van der Waals surface area contributed by atoms with E-state index < -0.39 is 0 Å². The number of fused-ring (bicyclic) bond motifs is 2. The number of hydrogen-bond acceptors (Lipinski definition) is 6. The van der Waals surface area contributed by atoms with E-state index in [-0.39, 0.29) is 11.9 Å². The zero-order chi connectivity index (χ0) is 17.2. The summed E-state index contributed by atoms with van der Waals surface area (Å²) in [5.74, 6) is 1.13. The van der Waals surface area contributed by atoms with Gasteiger partial charge in [0.2, 0.25) is 0 Å². The first-order valence-corrected chi connectivity index (χ1v) is 8.11. The van der Waals surface area contributed by atoms with Crippen LogP contribution in [0.2, 0.25) is 0 Å². The number of hydrogen-bond donors (Lipinski definition) is 1. The maximum Gasteiger partial charge on any atom is 0.272 e. The van der Waals surface area contributed by atoms with Crippen LogP contribution in [-0.4, -0.2) is 38.7 Å². The molecule has 3 aromatic rings. The Labute approximate surface area is 143 Å². The lowest BCUT2D eigenvalue weighted by Gasteiger charge is -2.12. The number of ether oxygens (including phenoxy) is 2. The molecule has 0 spiro atoms. The highest BCUT2D eigenvalue weighted by atomic mass is 16.5. The number of carbonyl (C=O) groups is 1. The molecule has 2 aromatic heterocycles. The average Bonchev–Trinajstić information content (AvgIpc) is 3.26. The Morgan fingerprint density at radius 1 is 1.48 bits per heavy atom. The predicted molar refractivity (Wildman–Crippen MR) is 88.7 cm³/mol. The molecule has 1 aliphatic rings. The lowest BCUT2D eigenvalue weighted by Crippen LogP contribution is -2.30. The molecule has 0 aliphatic carbocycles. The number of benzene rings is 1. The summed E-state index contributed by atoms with van der Waals surface area (Å²) in [6.07, 6.45) is 5.56. The molecule has 3 heterocycles. The maximum atomic E-state index is 12.5. The fourth-order valence-electron chi connectivity index (χ4n) is 2.75. The quantitative estimate of drug-likeness (QED) is 0.762. The van der Waals surface area contributed by atoms with Gasteiger partial charge in [-0.15, -0.1) is 10.2 Å². The lowest BCUT2D eigenvalue weighted by atomic mass is 10.1. The Balaban J connectivity index is 1.53. The number of nitrogens with zero attached hydrogens (tertiary/aromatic N) is 4. The third-order valence-electron chi connectivity index (χ3n) is 3.96. The Morgan fingerprint density at radius 2 is 2.40 bits per heavy atom. The SMILES string of the molecule is CCCOc1cccc2c1OCC2NC(=O)c1cn2cnnc2cn1. The van der Waals surface area contributed by atoms with Crippen molar-refractivity contribution >= 4 is 11.6 Å². The van der Waals surface area contributed by atoms with Crippen molar-refractivity contribution in [1.82, 2.24) is 24.9 Å². The molecule has 25 heavy (non-hydrogen) atoms. The molecular formula is C17H17N5O3. The van der Waals surface area contributed by atoms with E-state index in [2.05, 4.69) is 20.5 Å². The van der Waals surface area contributed by atoms with Crippen LogP contribution in [0.15, 0.2) is 36.9 Å². The molecule has 4 rings (SSSR count). The van der Waals surface area contributed by atoms with Gasteiger partial charge in [0.25, 0.3) is 5.91 Å². The minimum Gasteiger partial charge on any atom is -0.490 e. The molecule has 1 N–H and O–H groups in total. The van der Waals surface area contributed by atoms with E-state index >= 15 is 0 Å². The van der Waals surface area contributed by atoms with Crippen molar-refractivity contribution in [2.24, 2.45) is 0 Å². The van der Waals surface area contributed by atoms with Crippen LogP contribution in [-0.2, 0) is 0 Å². The van der Waals surface area contributed by atoms with Gasteiger partial charge in [0.05, 0.1) is 18.8 Å². The number of aromatic nitrogens is 4. The smallest absolute Gasteiger partial charge is 0.272 e. The van der Waals surface area contributed by atoms with Gasteiger partial charge < -0.3 is 14.8 Å². The molecule has 1 atom stereocenters. The van der Waals surface area contributed by atoms with E-state index in [4.69, 9.17) is 9.47 Å². The monoisotopic (exact) mass is 339 g/mol. The highest BCUT2D eigenvalue weighted by molar-refractivity contribution is 5.92. The second kappa shape index (κ2) is 6.39. The van der Waals surface area contributed by atoms with Crippen LogP contribution in [0.1, 0.15) is 35.4 Å². The van der Waals surface area contributed by atoms with Gasteiger partial charge >= 0.3 is 0 Å². The van der Waals surface area contributed by atoms with E-state index in [1.165, 1.54) is 12.5 Å². The van der Waals surface area contributed by atoms with Crippen molar-refractivity contribution in [3.63, 3.8) is 0 Å². The zero-order valence-electron chi connectivity index (χ0n) is 13.7. The molecule has 0 radical (unpaired) electrons. The van der Waals surface area contributed by atoms with Crippen molar-refractivity contribution in [3.8, 4) is 11.5 Å². The Kier molecular flexibility index (Phi) is 3.93. The highest BCUT2D eigenvalue weighted by Crippen LogP contribution is 2.40. The van der Waals surface area contributed by atoms with Crippen molar-refractivity contribution in [1.29, 1.82) is 0 Å². The molecule has 128 valence electrons. The van der Waals surface area contributed by atoms with Crippen LogP contribution in [0.3, 0.4) is 0 Å². The predicted octanol–water partition coefficient (Wildman–Crippen LogP) is 1.78.